The number of hydrogen-bond donors (Lipinski definition) is 0. The maximum atomic E-state index is 12.8. The molecular formula is C16H24N2O3. The van der Waals surface area contributed by atoms with E-state index in [1.165, 1.54) is 0 Å². The van der Waals surface area contributed by atoms with E-state index < -0.39 is 0 Å². The minimum atomic E-state index is -0.168. The van der Waals surface area contributed by atoms with E-state index in [1.54, 1.807) is 13.4 Å². The van der Waals surface area contributed by atoms with Gasteiger partial charge in [-0.15, -0.1) is 0 Å². The molecule has 0 aliphatic carbocycles. The van der Waals surface area contributed by atoms with Crippen LogP contribution < -0.4 is 0 Å². The van der Waals surface area contributed by atoms with Crippen LogP contribution in [0.25, 0.3) is 0 Å². The molecule has 21 heavy (non-hydrogen) atoms. The van der Waals surface area contributed by atoms with Gasteiger partial charge in [-0.3, -0.25) is 9.69 Å². The Hall–Kier alpha value is -1.33. The van der Waals surface area contributed by atoms with E-state index in [4.69, 9.17) is 9.15 Å². The number of likely N-dealkylation sites (tertiary alicyclic amines) is 2. The number of rotatable bonds is 5. The lowest BCUT2D eigenvalue weighted by Gasteiger charge is -2.38. The van der Waals surface area contributed by atoms with Crippen LogP contribution in [0.1, 0.15) is 25.0 Å². The Balaban J connectivity index is 1.63. The van der Waals surface area contributed by atoms with Gasteiger partial charge in [0.25, 0.3) is 0 Å². The Labute approximate surface area is 125 Å². The molecule has 5 nitrogen and oxygen atoms in total. The van der Waals surface area contributed by atoms with Gasteiger partial charge in [-0.2, -0.15) is 0 Å². The fourth-order valence-electron chi connectivity index (χ4n) is 3.67. The minimum Gasteiger partial charge on any atom is -0.468 e. The van der Waals surface area contributed by atoms with E-state index in [9.17, 15) is 4.79 Å². The number of furan rings is 1. The zero-order valence-electron chi connectivity index (χ0n) is 12.7. The molecule has 0 aromatic carbocycles. The van der Waals surface area contributed by atoms with Gasteiger partial charge in [0.1, 0.15) is 5.76 Å². The Kier molecular flexibility index (Phi) is 4.31. The second-order valence-electron chi connectivity index (χ2n) is 6.21. The molecular weight excluding hydrogens is 268 g/mol. The highest BCUT2D eigenvalue weighted by atomic mass is 16.5. The first-order chi connectivity index (χ1) is 10.2. The largest absolute Gasteiger partial charge is 0.468 e. The van der Waals surface area contributed by atoms with Crippen LogP contribution in [0, 0.1) is 5.41 Å². The number of amides is 1. The summed E-state index contributed by atoms with van der Waals surface area (Å²) in [4.78, 5) is 17.1. The number of carbonyl (C=O) groups is 1. The van der Waals surface area contributed by atoms with Crippen molar-refractivity contribution in [3.8, 4) is 0 Å². The van der Waals surface area contributed by atoms with E-state index >= 15 is 0 Å². The molecule has 3 rings (SSSR count). The smallest absolute Gasteiger partial charge is 0.230 e. The predicted molar refractivity (Wildman–Crippen MR) is 78.7 cm³/mol. The van der Waals surface area contributed by atoms with Crippen molar-refractivity contribution in [1.82, 2.24) is 9.80 Å². The molecule has 0 bridgehead atoms. The SMILES string of the molecule is COCCN1CC[C@@]2(CCCN(Cc3ccco3)C2)C1=O. The predicted octanol–water partition coefficient (Wildman–Crippen LogP) is 1.74. The topological polar surface area (TPSA) is 45.9 Å². The van der Waals surface area contributed by atoms with Crippen LogP contribution >= 0.6 is 0 Å². The van der Waals surface area contributed by atoms with Crippen LogP contribution in [-0.2, 0) is 16.1 Å². The normalized spacial score (nSPS) is 26.9. The first-order valence-electron chi connectivity index (χ1n) is 7.77. The molecule has 1 atom stereocenters. The second kappa shape index (κ2) is 6.20. The lowest BCUT2D eigenvalue weighted by Crippen LogP contribution is -2.47. The monoisotopic (exact) mass is 292 g/mol. The zero-order valence-corrected chi connectivity index (χ0v) is 12.7. The molecule has 2 saturated heterocycles. The molecule has 2 aliphatic rings. The number of ether oxygens (including phenoxy) is 1. The molecule has 0 N–H and O–H groups in total. The number of hydrogen-bond acceptors (Lipinski definition) is 4. The Morgan fingerprint density at radius 1 is 1.38 bits per heavy atom. The first-order valence-corrected chi connectivity index (χ1v) is 7.77. The molecule has 3 heterocycles. The summed E-state index contributed by atoms with van der Waals surface area (Å²) in [6.45, 7) is 4.92. The number of methoxy groups -OCH3 is 1. The van der Waals surface area contributed by atoms with Crippen LogP contribution in [0.5, 0.6) is 0 Å². The van der Waals surface area contributed by atoms with Crippen molar-refractivity contribution >= 4 is 5.91 Å². The van der Waals surface area contributed by atoms with Crippen molar-refractivity contribution in [2.45, 2.75) is 25.8 Å². The summed E-state index contributed by atoms with van der Waals surface area (Å²) < 4.78 is 10.5. The van der Waals surface area contributed by atoms with Crippen LogP contribution in [0.3, 0.4) is 0 Å². The van der Waals surface area contributed by atoms with Gasteiger partial charge >= 0.3 is 0 Å². The van der Waals surface area contributed by atoms with Gasteiger partial charge in [0.15, 0.2) is 0 Å². The first kappa shape index (κ1) is 14.6. The van der Waals surface area contributed by atoms with Crippen LogP contribution in [0.15, 0.2) is 22.8 Å². The highest BCUT2D eigenvalue weighted by Crippen LogP contribution is 2.40. The van der Waals surface area contributed by atoms with Crippen LogP contribution in [-0.4, -0.2) is 55.6 Å². The van der Waals surface area contributed by atoms with Crippen molar-refractivity contribution in [3.63, 3.8) is 0 Å². The van der Waals surface area contributed by atoms with Gasteiger partial charge < -0.3 is 14.1 Å². The molecule has 2 fully saturated rings. The van der Waals surface area contributed by atoms with Gasteiger partial charge in [-0.1, -0.05) is 0 Å². The molecule has 0 radical (unpaired) electrons. The summed E-state index contributed by atoms with van der Waals surface area (Å²) in [7, 11) is 1.68. The Bertz CT molecular complexity index is 474. The number of carbonyl (C=O) groups excluding carboxylic acids is 1. The maximum Gasteiger partial charge on any atom is 0.230 e. The van der Waals surface area contributed by atoms with E-state index in [-0.39, 0.29) is 5.41 Å². The maximum absolute atomic E-state index is 12.8. The molecule has 1 amide bonds. The van der Waals surface area contributed by atoms with Crippen molar-refractivity contribution in [3.05, 3.63) is 24.2 Å². The molecule has 0 saturated carbocycles. The average molecular weight is 292 g/mol. The van der Waals surface area contributed by atoms with Crippen LogP contribution in [0.2, 0.25) is 0 Å². The minimum absolute atomic E-state index is 0.168. The molecule has 2 aliphatic heterocycles. The fraction of sp³-hybridized carbons (Fsp3) is 0.688. The van der Waals surface area contributed by atoms with Gasteiger partial charge in [-0.05, 0) is 37.9 Å². The van der Waals surface area contributed by atoms with Gasteiger partial charge in [-0.25, -0.2) is 0 Å². The third-order valence-electron chi connectivity index (χ3n) is 4.78. The summed E-state index contributed by atoms with van der Waals surface area (Å²) in [6, 6.07) is 3.92. The van der Waals surface area contributed by atoms with Crippen molar-refractivity contribution in [1.29, 1.82) is 0 Å². The van der Waals surface area contributed by atoms with Crippen molar-refractivity contribution < 1.29 is 13.9 Å². The number of piperidine rings is 1. The molecule has 116 valence electrons. The Morgan fingerprint density at radius 3 is 3.05 bits per heavy atom. The van der Waals surface area contributed by atoms with Crippen molar-refractivity contribution in [2.24, 2.45) is 5.41 Å². The van der Waals surface area contributed by atoms with E-state index in [1.807, 2.05) is 17.0 Å². The molecule has 1 aromatic rings. The second-order valence-corrected chi connectivity index (χ2v) is 6.21. The van der Waals surface area contributed by atoms with E-state index in [2.05, 4.69) is 4.90 Å². The summed E-state index contributed by atoms with van der Waals surface area (Å²) in [5.74, 6) is 1.30. The molecule has 0 unspecified atom stereocenters. The highest BCUT2D eigenvalue weighted by molar-refractivity contribution is 5.85. The summed E-state index contributed by atoms with van der Waals surface area (Å²) in [6.07, 6.45) is 4.79. The lowest BCUT2D eigenvalue weighted by molar-refractivity contribution is -0.139. The third-order valence-corrected chi connectivity index (χ3v) is 4.78. The van der Waals surface area contributed by atoms with Gasteiger partial charge in [0.05, 0.1) is 24.8 Å². The van der Waals surface area contributed by atoms with E-state index in [0.29, 0.717) is 12.5 Å². The molecule has 5 heteroatoms. The lowest BCUT2D eigenvalue weighted by atomic mass is 9.78. The summed E-state index contributed by atoms with van der Waals surface area (Å²) in [5.41, 5.74) is -0.168. The molecule has 1 spiro atoms. The van der Waals surface area contributed by atoms with Gasteiger partial charge in [0, 0.05) is 26.7 Å². The molecule has 1 aromatic heterocycles. The summed E-state index contributed by atoms with van der Waals surface area (Å²) in [5, 5.41) is 0. The van der Waals surface area contributed by atoms with Crippen molar-refractivity contribution in [2.75, 3.05) is 39.9 Å². The highest BCUT2D eigenvalue weighted by Gasteiger charge is 2.48. The quantitative estimate of drug-likeness (QED) is 0.829. The zero-order chi connectivity index (χ0) is 14.7. The average Bonchev–Trinajstić information content (AvgIpc) is 3.09. The van der Waals surface area contributed by atoms with E-state index in [0.717, 1.165) is 57.7 Å². The number of nitrogens with zero attached hydrogens (tertiary/aromatic N) is 2. The fourth-order valence-corrected chi connectivity index (χ4v) is 3.67. The Morgan fingerprint density at radius 2 is 2.29 bits per heavy atom. The third kappa shape index (κ3) is 2.99. The van der Waals surface area contributed by atoms with Gasteiger partial charge in [0.2, 0.25) is 5.91 Å². The standard InChI is InChI=1S/C16H24N2O3/c1-20-11-9-18-8-6-16(15(18)19)5-3-7-17(13-16)12-14-4-2-10-21-14/h2,4,10H,3,5-9,11-13H2,1H3/t16-/m1/s1. The summed E-state index contributed by atoms with van der Waals surface area (Å²) >= 11 is 0. The van der Waals surface area contributed by atoms with Crippen LogP contribution in [0.4, 0.5) is 0 Å².